The molecule has 1 unspecified atom stereocenters. The van der Waals surface area contributed by atoms with Crippen molar-refractivity contribution in [1.29, 1.82) is 0 Å². The minimum atomic E-state index is 0.0757. The van der Waals surface area contributed by atoms with E-state index in [2.05, 4.69) is 21.9 Å². The highest BCUT2D eigenvalue weighted by Gasteiger charge is 2.38. The number of halogens is 2. The largest absolute Gasteiger partial charge is 0.339 e. The number of benzene rings is 2. The molecule has 2 bridgehead atoms. The van der Waals surface area contributed by atoms with Crippen molar-refractivity contribution >= 4 is 40.5 Å². The van der Waals surface area contributed by atoms with E-state index >= 15 is 0 Å². The van der Waals surface area contributed by atoms with E-state index in [0.29, 0.717) is 35.1 Å². The fourth-order valence-electron chi connectivity index (χ4n) is 4.89. The molecule has 160 valence electrons. The maximum Gasteiger partial charge on any atom is 0.253 e. The highest BCUT2D eigenvalue weighted by atomic mass is 35.5. The number of amides is 1. The van der Waals surface area contributed by atoms with Crippen LogP contribution in [0.15, 0.2) is 42.5 Å². The van der Waals surface area contributed by atoms with Crippen molar-refractivity contribution in [1.82, 2.24) is 9.80 Å². The molecule has 0 radical (unpaired) electrons. The van der Waals surface area contributed by atoms with Gasteiger partial charge in [0.2, 0.25) is 0 Å². The van der Waals surface area contributed by atoms with Gasteiger partial charge in [-0.15, -0.1) is 0 Å². The molecule has 0 aliphatic carbocycles. The van der Waals surface area contributed by atoms with Gasteiger partial charge in [-0.1, -0.05) is 23.2 Å². The second-order valence-electron chi connectivity index (χ2n) is 8.23. The van der Waals surface area contributed by atoms with Gasteiger partial charge in [-0.05, 0) is 88.2 Å². The normalized spacial score (nSPS) is 22.7. The van der Waals surface area contributed by atoms with Crippen LogP contribution < -0.4 is 4.90 Å². The van der Waals surface area contributed by atoms with Gasteiger partial charge < -0.3 is 14.7 Å². The van der Waals surface area contributed by atoms with Crippen molar-refractivity contribution in [3.05, 3.63) is 58.1 Å². The molecular weight excluding hydrogens is 417 g/mol. The van der Waals surface area contributed by atoms with Gasteiger partial charge in [0, 0.05) is 52.7 Å². The lowest BCUT2D eigenvalue weighted by Crippen LogP contribution is -2.56. The Hall–Kier alpha value is -1.75. The Morgan fingerprint density at radius 2 is 1.57 bits per heavy atom. The number of carbonyl (C=O) groups excluding carboxylic acids is 1. The van der Waals surface area contributed by atoms with Crippen LogP contribution in [-0.4, -0.2) is 54.5 Å². The summed E-state index contributed by atoms with van der Waals surface area (Å²) in [4.78, 5) is 19.5. The summed E-state index contributed by atoms with van der Waals surface area (Å²) in [5, 5.41) is 1.27. The first-order valence-electron chi connectivity index (χ1n) is 10.9. The van der Waals surface area contributed by atoms with Crippen LogP contribution in [0.25, 0.3) is 0 Å². The lowest BCUT2D eigenvalue weighted by Gasteiger charge is -2.50. The Bertz CT molecular complexity index is 870. The Kier molecular flexibility index (Phi) is 6.57. The van der Waals surface area contributed by atoms with Crippen LogP contribution in [0.3, 0.4) is 0 Å². The number of anilines is 2. The molecule has 2 aromatic carbocycles. The second kappa shape index (κ2) is 9.17. The maximum atomic E-state index is 12.7. The zero-order valence-corrected chi connectivity index (χ0v) is 19.2. The molecule has 4 nitrogen and oxygen atoms in total. The van der Waals surface area contributed by atoms with Crippen LogP contribution in [0.1, 0.15) is 37.0 Å². The highest BCUT2D eigenvalue weighted by Crippen LogP contribution is 2.39. The molecule has 0 spiro atoms. The fraction of sp³-hybridized carbons (Fsp3) is 0.458. The fourth-order valence-corrected chi connectivity index (χ4v) is 5.41. The lowest BCUT2D eigenvalue weighted by molar-refractivity contribution is 0.0773. The van der Waals surface area contributed by atoms with Gasteiger partial charge in [-0.3, -0.25) is 4.79 Å². The molecular formula is C24H29Cl2N3O. The summed E-state index contributed by atoms with van der Waals surface area (Å²) in [6.45, 7) is 8.84. The molecule has 0 aromatic heterocycles. The van der Waals surface area contributed by atoms with E-state index in [9.17, 15) is 4.79 Å². The predicted octanol–water partition coefficient (Wildman–Crippen LogP) is 5.71. The Labute approximate surface area is 189 Å². The van der Waals surface area contributed by atoms with Gasteiger partial charge in [-0.25, -0.2) is 0 Å². The molecule has 3 saturated heterocycles. The third-order valence-electron chi connectivity index (χ3n) is 6.52. The maximum absolute atomic E-state index is 12.7. The first-order chi connectivity index (χ1) is 14.5. The van der Waals surface area contributed by atoms with Crippen LogP contribution in [0.4, 0.5) is 11.4 Å². The minimum absolute atomic E-state index is 0.0757. The van der Waals surface area contributed by atoms with E-state index in [4.69, 9.17) is 23.2 Å². The van der Waals surface area contributed by atoms with Crippen LogP contribution in [0, 0.1) is 5.92 Å². The van der Waals surface area contributed by atoms with Gasteiger partial charge in [0.1, 0.15) is 0 Å². The number of nitrogens with zero attached hydrogens (tertiary/aromatic N) is 3. The lowest BCUT2D eigenvalue weighted by atomic mass is 9.82. The summed E-state index contributed by atoms with van der Waals surface area (Å²) >= 11 is 12.7. The zero-order chi connectivity index (χ0) is 21.3. The summed E-state index contributed by atoms with van der Waals surface area (Å²) in [5.41, 5.74) is 2.80. The molecule has 3 aliphatic rings. The van der Waals surface area contributed by atoms with Crippen molar-refractivity contribution in [2.75, 3.05) is 37.6 Å². The average molecular weight is 446 g/mol. The second-order valence-corrected chi connectivity index (χ2v) is 9.10. The SMILES string of the molecule is CCN(CC)C(=O)c1ccc(N(c2cc(Cl)cc(Cl)c2)C2CN3CCC2CC3)cc1. The number of hydrogen-bond acceptors (Lipinski definition) is 3. The molecule has 6 heteroatoms. The molecule has 1 amide bonds. The summed E-state index contributed by atoms with van der Waals surface area (Å²) in [7, 11) is 0. The summed E-state index contributed by atoms with van der Waals surface area (Å²) < 4.78 is 0. The van der Waals surface area contributed by atoms with E-state index in [-0.39, 0.29) is 5.91 Å². The Morgan fingerprint density at radius 1 is 0.967 bits per heavy atom. The highest BCUT2D eigenvalue weighted by molar-refractivity contribution is 6.35. The summed E-state index contributed by atoms with van der Waals surface area (Å²) in [6.07, 6.45) is 2.43. The Balaban J connectivity index is 1.70. The molecule has 3 aliphatic heterocycles. The predicted molar refractivity (Wildman–Crippen MR) is 125 cm³/mol. The average Bonchev–Trinajstić information content (AvgIpc) is 2.75. The standard InChI is InChI=1S/C24H29Cl2N3O/c1-3-28(4-2)24(30)18-5-7-21(8-6-18)29(22-14-19(25)13-20(26)15-22)23-16-27-11-9-17(23)10-12-27/h5-8,13-15,17,23H,3-4,9-12,16H2,1-2H3. The minimum Gasteiger partial charge on any atom is -0.339 e. The number of piperidine rings is 3. The molecule has 2 aromatic rings. The van der Waals surface area contributed by atoms with Crippen molar-refractivity contribution in [2.24, 2.45) is 5.92 Å². The number of rotatable bonds is 6. The summed E-state index contributed by atoms with van der Waals surface area (Å²) in [6, 6.07) is 14.1. The first kappa shape index (κ1) is 21.5. The molecule has 30 heavy (non-hydrogen) atoms. The molecule has 1 atom stereocenters. The van der Waals surface area contributed by atoms with E-state index in [1.165, 1.54) is 25.9 Å². The van der Waals surface area contributed by atoms with Crippen molar-refractivity contribution in [2.45, 2.75) is 32.7 Å². The van der Waals surface area contributed by atoms with E-state index < -0.39 is 0 Å². The van der Waals surface area contributed by atoms with Gasteiger partial charge in [0.05, 0.1) is 0 Å². The first-order valence-corrected chi connectivity index (χ1v) is 11.6. The van der Waals surface area contributed by atoms with Crippen molar-refractivity contribution < 1.29 is 4.79 Å². The van der Waals surface area contributed by atoms with Gasteiger partial charge in [0.15, 0.2) is 0 Å². The smallest absolute Gasteiger partial charge is 0.253 e. The number of carbonyl (C=O) groups is 1. The Morgan fingerprint density at radius 3 is 2.07 bits per heavy atom. The molecule has 5 rings (SSSR count). The third kappa shape index (κ3) is 4.32. The van der Waals surface area contributed by atoms with E-state index in [0.717, 1.165) is 23.5 Å². The molecule has 0 N–H and O–H groups in total. The van der Waals surface area contributed by atoms with Crippen molar-refractivity contribution in [3.8, 4) is 0 Å². The third-order valence-corrected chi connectivity index (χ3v) is 6.96. The van der Waals surface area contributed by atoms with Gasteiger partial charge in [-0.2, -0.15) is 0 Å². The topological polar surface area (TPSA) is 26.8 Å². The molecule has 0 saturated carbocycles. The number of hydrogen-bond donors (Lipinski definition) is 0. The molecule has 3 fully saturated rings. The number of fused-ring (bicyclic) bond motifs is 3. The van der Waals surface area contributed by atoms with Crippen LogP contribution >= 0.6 is 23.2 Å². The summed E-state index contributed by atoms with van der Waals surface area (Å²) in [5.74, 6) is 0.719. The monoisotopic (exact) mass is 445 g/mol. The quantitative estimate of drug-likeness (QED) is 0.569. The van der Waals surface area contributed by atoms with Gasteiger partial charge in [0.25, 0.3) is 5.91 Å². The van der Waals surface area contributed by atoms with Crippen LogP contribution in [0.2, 0.25) is 10.0 Å². The van der Waals surface area contributed by atoms with Crippen molar-refractivity contribution in [3.63, 3.8) is 0 Å². The van der Waals surface area contributed by atoms with E-state index in [1.54, 1.807) is 6.07 Å². The molecule has 3 heterocycles. The zero-order valence-electron chi connectivity index (χ0n) is 17.7. The van der Waals surface area contributed by atoms with Crippen LogP contribution in [0.5, 0.6) is 0 Å². The van der Waals surface area contributed by atoms with Gasteiger partial charge >= 0.3 is 0 Å². The van der Waals surface area contributed by atoms with Crippen LogP contribution in [-0.2, 0) is 0 Å². The van der Waals surface area contributed by atoms with E-state index in [1.807, 2.05) is 43.0 Å².